The van der Waals surface area contributed by atoms with Crippen LogP contribution in [0.2, 0.25) is 0 Å². The molecule has 0 aliphatic carbocycles. The highest BCUT2D eigenvalue weighted by atomic mass is 16.3. The van der Waals surface area contributed by atoms with Crippen molar-refractivity contribution in [2.75, 3.05) is 23.4 Å². The molecule has 9 heteroatoms. The molecule has 9 nitrogen and oxygen atoms in total. The van der Waals surface area contributed by atoms with Crippen molar-refractivity contribution in [1.29, 1.82) is 0 Å². The Hall–Kier alpha value is -2.26. The molecule has 3 heterocycles. The summed E-state index contributed by atoms with van der Waals surface area (Å²) >= 11 is 0. The third kappa shape index (κ3) is 2.40. The number of rotatable bonds is 3. The van der Waals surface area contributed by atoms with Crippen molar-refractivity contribution in [3.8, 4) is 5.95 Å². The van der Waals surface area contributed by atoms with E-state index in [4.69, 9.17) is 5.84 Å². The monoisotopic (exact) mass is 276 g/mol. The Morgan fingerprint density at radius 3 is 2.75 bits per heavy atom. The second-order valence-corrected chi connectivity index (χ2v) is 5.02. The smallest absolute Gasteiger partial charge is 0.257 e. The van der Waals surface area contributed by atoms with Crippen LogP contribution in [0.3, 0.4) is 0 Å². The van der Waals surface area contributed by atoms with Crippen molar-refractivity contribution in [1.82, 2.24) is 24.7 Å². The van der Waals surface area contributed by atoms with Crippen LogP contribution >= 0.6 is 0 Å². The van der Waals surface area contributed by atoms with Gasteiger partial charge < -0.3 is 10.0 Å². The van der Waals surface area contributed by atoms with Crippen LogP contribution in [-0.4, -0.2) is 48.5 Å². The minimum Gasteiger partial charge on any atom is -0.388 e. The average molecular weight is 276 g/mol. The number of nitrogen functional groups attached to an aromatic ring is 1. The van der Waals surface area contributed by atoms with Crippen molar-refractivity contribution in [2.45, 2.75) is 18.9 Å². The second kappa shape index (κ2) is 4.69. The lowest BCUT2D eigenvalue weighted by atomic mass is 10.1. The van der Waals surface area contributed by atoms with Crippen LogP contribution < -0.4 is 16.2 Å². The third-order valence-corrected chi connectivity index (χ3v) is 3.18. The first-order chi connectivity index (χ1) is 9.57. The Balaban J connectivity index is 1.97. The van der Waals surface area contributed by atoms with Gasteiger partial charge in [0.1, 0.15) is 0 Å². The molecular weight excluding hydrogens is 260 g/mol. The zero-order chi connectivity index (χ0) is 14.2. The molecule has 1 fully saturated rings. The van der Waals surface area contributed by atoms with E-state index in [1.165, 1.54) is 4.68 Å². The molecular formula is C11H16N8O. The Morgan fingerprint density at radius 1 is 1.35 bits per heavy atom. The number of nitrogens with zero attached hydrogens (tertiary/aromatic N) is 6. The SMILES string of the molecule is CC1(O)CCN(c2nc(NN)nc(-n3cccn3)n2)C1. The molecule has 2 aromatic heterocycles. The van der Waals surface area contributed by atoms with Crippen LogP contribution in [0.5, 0.6) is 0 Å². The van der Waals surface area contributed by atoms with Crippen LogP contribution in [0.4, 0.5) is 11.9 Å². The molecule has 0 spiro atoms. The zero-order valence-corrected chi connectivity index (χ0v) is 11.1. The van der Waals surface area contributed by atoms with E-state index in [0.717, 1.165) is 0 Å². The first kappa shape index (κ1) is 12.8. The summed E-state index contributed by atoms with van der Waals surface area (Å²) < 4.78 is 1.53. The summed E-state index contributed by atoms with van der Waals surface area (Å²) in [6.45, 7) is 2.95. The van der Waals surface area contributed by atoms with Crippen molar-refractivity contribution in [3.05, 3.63) is 18.5 Å². The van der Waals surface area contributed by atoms with E-state index in [1.807, 2.05) is 4.90 Å². The minimum atomic E-state index is -0.727. The average Bonchev–Trinajstić information content (AvgIpc) is 3.07. The lowest BCUT2D eigenvalue weighted by Crippen LogP contribution is -2.31. The molecule has 1 unspecified atom stereocenters. The molecule has 4 N–H and O–H groups in total. The molecule has 2 aromatic rings. The van der Waals surface area contributed by atoms with Gasteiger partial charge in [-0.25, -0.2) is 10.5 Å². The number of nitrogens with one attached hydrogen (secondary N) is 1. The number of hydrogen-bond acceptors (Lipinski definition) is 8. The van der Waals surface area contributed by atoms with E-state index >= 15 is 0 Å². The number of hydrogen-bond donors (Lipinski definition) is 3. The third-order valence-electron chi connectivity index (χ3n) is 3.18. The molecule has 1 atom stereocenters. The number of nitrogens with two attached hydrogens (primary N) is 1. The Morgan fingerprint density at radius 2 is 2.15 bits per heavy atom. The molecule has 3 rings (SSSR count). The molecule has 0 aromatic carbocycles. The predicted molar refractivity (Wildman–Crippen MR) is 72.2 cm³/mol. The summed E-state index contributed by atoms with van der Waals surface area (Å²) in [5.41, 5.74) is 1.69. The van der Waals surface area contributed by atoms with Crippen molar-refractivity contribution in [3.63, 3.8) is 0 Å². The van der Waals surface area contributed by atoms with Crippen LogP contribution in [0.15, 0.2) is 18.5 Å². The summed E-state index contributed by atoms with van der Waals surface area (Å²) in [6.07, 6.45) is 4.04. The molecule has 0 saturated carbocycles. The van der Waals surface area contributed by atoms with Crippen molar-refractivity contribution >= 4 is 11.9 Å². The normalized spacial score (nSPS) is 22.2. The lowest BCUT2D eigenvalue weighted by Gasteiger charge is -2.19. The zero-order valence-electron chi connectivity index (χ0n) is 11.1. The van der Waals surface area contributed by atoms with Gasteiger partial charge in [-0.05, 0) is 19.4 Å². The van der Waals surface area contributed by atoms with Crippen LogP contribution in [0.25, 0.3) is 5.95 Å². The van der Waals surface area contributed by atoms with Gasteiger partial charge in [-0.2, -0.15) is 20.1 Å². The molecule has 1 saturated heterocycles. The minimum absolute atomic E-state index is 0.257. The quantitative estimate of drug-likeness (QED) is 0.497. The highest BCUT2D eigenvalue weighted by Crippen LogP contribution is 2.24. The van der Waals surface area contributed by atoms with E-state index in [2.05, 4.69) is 25.5 Å². The Kier molecular flexibility index (Phi) is 2.99. The van der Waals surface area contributed by atoms with Gasteiger partial charge in [-0.1, -0.05) is 0 Å². The lowest BCUT2D eigenvalue weighted by molar-refractivity contribution is 0.0838. The predicted octanol–water partition coefficient (Wildman–Crippen LogP) is -0.696. The largest absolute Gasteiger partial charge is 0.388 e. The standard InChI is InChI=1S/C11H16N8O/c1-11(20)3-6-18(7-11)9-14-8(17-12)15-10(16-9)19-5-2-4-13-19/h2,4-5,20H,3,6-7,12H2,1H3,(H,14,15,16,17). The maximum absolute atomic E-state index is 10.0. The van der Waals surface area contributed by atoms with Gasteiger partial charge >= 0.3 is 0 Å². The summed E-state index contributed by atoms with van der Waals surface area (Å²) in [7, 11) is 0. The Bertz CT molecular complexity index is 596. The summed E-state index contributed by atoms with van der Waals surface area (Å²) in [6, 6.07) is 1.78. The molecule has 106 valence electrons. The van der Waals surface area contributed by atoms with E-state index < -0.39 is 5.60 Å². The van der Waals surface area contributed by atoms with E-state index in [1.54, 1.807) is 25.4 Å². The van der Waals surface area contributed by atoms with Crippen LogP contribution in [-0.2, 0) is 0 Å². The maximum Gasteiger partial charge on any atom is 0.257 e. The van der Waals surface area contributed by atoms with Gasteiger partial charge in [0.05, 0.1) is 5.60 Å². The first-order valence-electron chi connectivity index (χ1n) is 6.27. The van der Waals surface area contributed by atoms with Crippen LogP contribution in [0, 0.1) is 0 Å². The number of aliphatic hydroxyl groups is 1. The van der Waals surface area contributed by atoms with Crippen molar-refractivity contribution in [2.24, 2.45) is 5.84 Å². The first-order valence-corrected chi connectivity index (χ1v) is 6.27. The summed E-state index contributed by atoms with van der Waals surface area (Å²) in [5, 5.41) is 14.1. The number of anilines is 2. The Labute approximate surface area is 115 Å². The van der Waals surface area contributed by atoms with Gasteiger partial charge in [0.25, 0.3) is 5.95 Å². The van der Waals surface area contributed by atoms with E-state index in [0.29, 0.717) is 31.4 Å². The number of β-amino-alcohol motifs (C(OH)–C–C–N with tert-alkyl or cyclic N) is 1. The fourth-order valence-electron chi connectivity index (χ4n) is 2.17. The highest BCUT2D eigenvalue weighted by molar-refractivity contribution is 5.41. The van der Waals surface area contributed by atoms with Crippen molar-refractivity contribution < 1.29 is 5.11 Å². The molecule has 1 aliphatic rings. The fraction of sp³-hybridized carbons (Fsp3) is 0.455. The summed E-state index contributed by atoms with van der Waals surface area (Å²) in [5.74, 6) is 6.49. The maximum atomic E-state index is 10.0. The topological polar surface area (TPSA) is 118 Å². The van der Waals surface area contributed by atoms with Crippen LogP contribution in [0.1, 0.15) is 13.3 Å². The fourth-order valence-corrected chi connectivity index (χ4v) is 2.17. The van der Waals surface area contributed by atoms with Gasteiger partial charge in [0.15, 0.2) is 0 Å². The number of hydrazine groups is 1. The van der Waals surface area contributed by atoms with Gasteiger partial charge in [-0.3, -0.25) is 5.43 Å². The van der Waals surface area contributed by atoms with E-state index in [9.17, 15) is 5.11 Å². The molecule has 1 aliphatic heterocycles. The highest BCUT2D eigenvalue weighted by Gasteiger charge is 2.33. The van der Waals surface area contributed by atoms with Gasteiger partial charge in [0.2, 0.25) is 11.9 Å². The molecule has 20 heavy (non-hydrogen) atoms. The molecule has 0 radical (unpaired) electrons. The molecule has 0 bridgehead atoms. The summed E-state index contributed by atoms with van der Waals surface area (Å²) in [4.78, 5) is 14.6. The second-order valence-electron chi connectivity index (χ2n) is 5.02. The number of aromatic nitrogens is 5. The van der Waals surface area contributed by atoms with E-state index in [-0.39, 0.29) is 5.95 Å². The molecule has 0 amide bonds. The van der Waals surface area contributed by atoms with Gasteiger partial charge in [0, 0.05) is 25.5 Å². The van der Waals surface area contributed by atoms with Gasteiger partial charge in [-0.15, -0.1) is 0 Å².